The minimum Gasteiger partial charge on any atom is -0.310 e. The molecule has 2 N–H and O–H groups in total. The molecule has 1 amide bonds. The average molecular weight is 425 g/mol. The van der Waals surface area contributed by atoms with Crippen LogP contribution in [-0.4, -0.2) is 28.7 Å². The highest BCUT2D eigenvalue weighted by Gasteiger charge is 2.15. The van der Waals surface area contributed by atoms with Crippen molar-refractivity contribution in [2.75, 3.05) is 10.0 Å². The Morgan fingerprint density at radius 3 is 2.53 bits per heavy atom. The normalized spacial score (nSPS) is 11.4. The zero-order valence-electron chi connectivity index (χ0n) is 15.7. The van der Waals surface area contributed by atoms with Crippen molar-refractivity contribution in [3.63, 3.8) is 0 Å². The molecule has 1 aromatic carbocycles. The third-order valence-corrected chi connectivity index (χ3v) is 5.60. The highest BCUT2D eigenvalue weighted by Crippen LogP contribution is 2.24. The lowest BCUT2D eigenvalue weighted by atomic mass is 10.1. The lowest BCUT2D eigenvalue weighted by Gasteiger charge is -2.09. The fraction of sp³-hybridized carbons (Fsp3) is 0.0500. The summed E-state index contributed by atoms with van der Waals surface area (Å²) in [6, 6.07) is 9.77. The predicted octanol–water partition coefficient (Wildman–Crippen LogP) is 3.29. The second-order valence-corrected chi connectivity index (χ2v) is 8.19. The number of sulfonamides is 1. The summed E-state index contributed by atoms with van der Waals surface area (Å²) in [6.45, 7) is 1.40. The number of nitrogens with zero attached hydrogens (tertiary/aromatic N) is 3. The SMILES string of the molecule is CC(=O)Nc1cn2cc(-c3cncc(NS(=O)(=O)c4ccc(F)cc4)c3)ccc2n1. The average Bonchev–Trinajstić information content (AvgIpc) is 3.08. The summed E-state index contributed by atoms with van der Waals surface area (Å²) < 4.78 is 42.3. The summed E-state index contributed by atoms with van der Waals surface area (Å²) in [5.41, 5.74) is 2.35. The zero-order valence-corrected chi connectivity index (χ0v) is 16.5. The van der Waals surface area contributed by atoms with E-state index in [1.165, 1.54) is 25.3 Å². The molecule has 0 bridgehead atoms. The van der Waals surface area contributed by atoms with Crippen LogP contribution >= 0.6 is 0 Å². The number of carbonyl (C=O) groups excluding carboxylic acids is 1. The number of rotatable bonds is 5. The molecule has 0 fully saturated rings. The Kier molecular flexibility index (Phi) is 4.92. The first-order valence-corrected chi connectivity index (χ1v) is 10.3. The van der Waals surface area contributed by atoms with Crippen LogP contribution in [0.3, 0.4) is 0 Å². The van der Waals surface area contributed by atoms with E-state index in [4.69, 9.17) is 0 Å². The number of hydrogen-bond donors (Lipinski definition) is 2. The summed E-state index contributed by atoms with van der Waals surface area (Å²) >= 11 is 0. The number of amides is 1. The van der Waals surface area contributed by atoms with Crippen LogP contribution < -0.4 is 10.0 Å². The molecule has 0 aliphatic heterocycles. The van der Waals surface area contributed by atoms with Crippen molar-refractivity contribution in [2.45, 2.75) is 11.8 Å². The Bertz CT molecular complexity index is 1350. The highest BCUT2D eigenvalue weighted by molar-refractivity contribution is 7.92. The molecule has 10 heteroatoms. The van der Waals surface area contributed by atoms with Crippen molar-refractivity contribution in [3.8, 4) is 11.1 Å². The van der Waals surface area contributed by atoms with E-state index in [0.29, 0.717) is 17.0 Å². The summed E-state index contributed by atoms with van der Waals surface area (Å²) in [5.74, 6) is -0.309. The Hall–Kier alpha value is -3.79. The zero-order chi connectivity index (χ0) is 21.3. The van der Waals surface area contributed by atoms with Crippen LogP contribution in [0.25, 0.3) is 16.8 Å². The second kappa shape index (κ2) is 7.56. The molecule has 0 aliphatic rings. The maximum absolute atomic E-state index is 13.1. The van der Waals surface area contributed by atoms with E-state index < -0.39 is 15.8 Å². The molecule has 0 saturated carbocycles. The van der Waals surface area contributed by atoms with Crippen LogP contribution in [0.1, 0.15) is 6.92 Å². The lowest BCUT2D eigenvalue weighted by molar-refractivity contribution is -0.114. The van der Waals surface area contributed by atoms with Crippen molar-refractivity contribution in [1.29, 1.82) is 0 Å². The van der Waals surface area contributed by atoms with Crippen LogP contribution in [0.2, 0.25) is 0 Å². The standard InChI is InChI=1S/C20H16FN5O3S/c1-13(27)23-19-12-26-11-14(2-7-20(26)24-19)15-8-17(10-22-9-15)25-30(28,29)18-5-3-16(21)4-6-18/h2-12,25H,1H3,(H,23,27). The third-order valence-electron chi connectivity index (χ3n) is 4.20. The van der Waals surface area contributed by atoms with Gasteiger partial charge in [-0.05, 0) is 42.5 Å². The number of anilines is 2. The quantitative estimate of drug-likeness (QED) is 0.510. The van der Waals surface area contributed by atoms with Crippen LogP contribution in [0, 0.1) is 5.82 Å². The minimum absolute atomic E-state index is 0.0559. The Morgan fingerprint density at radius 2 is 1.80 bits per heavy atom. The van der Waals surface area contributed by atoms with Gasteiger partial charge in [0.05, 0.1) is 23.0 Å². The number of fused-ring (bicyclic) bond motifs is 1. The Balaban J connectivity index is 1.63. The summed E-state index contributed by atoms with van der Waals surface area (Å²) in [5, 5.41) is 2.62. The number of pyridine rings is 2. The molecule has 0 aliphatic carbocycles. The van der Waals surface area contributed by atoms with Crippen LogP contribution in [-0.2, 0) is 14.8 Å². The van der Waals surface area contributed by atoms with E-state index in [-0.39, 0.29) is 16.5 Å². The number of carbonyl (C=O) groups is 1. The molecule has 0 saturated heterocycles. The van der Waals surface area contributed by atoms with Gasteiger partial charge in [-0.2, -0.15) is 0 Å². The first-order chi connectivity index (χ1) is 14.3. The smallest absolute Gasteiger partial charge is 0.261 e. The van der Waals surface area contributed by atoms with Gasteiger partial charge >= 0.3 is 0 Å². The largest absolute Gasteiger partial charge is 0.310 e. The molecular weight excluding hydrogens is 409 g/mol. The van der Waals surface area contributed by atoms with Crippen molar-refractivity contribution in [3.05, 3.63) is 73.1 Å². The summed E-state index contributed by atoms with van der Waals surface area (Å²) in [6.07, 6.45) is 6.45. The topological polar surface area (TPSA) is 105 Å². The number of benzene rings is 1. The maximum atomic E-state index is 13.1. The first kappa shape index (κ1) is 19.5. The van der Waals surface area contributed by atoms with Gasteiger partial charge in [-0.1, -0.05) is 0 Å². The monoisotopic (exact) mass is 425 g/mol. The van der Waals surface area contributed by atoms with Gasteiger partial charge < -0.3 is 9.72 Å². The molecule has 0 radical (unpaired) electrons. The van der Waals surface area contributed by atoms with E-state index in [0.717, 1.165) is 17.7 Å². The number of aromatic nitrogens is 3. The van der Waals surface area contributed by atoms with Crippen molar-refractivity contribution in [1.82, 2.24) is 14.4 Å². The van der Waals surface area contributed by atoms with Gasteiger partial charge in [0.1, 0.15) is 11.5 Å². The van der Waals surface area contributed by atoms with Gasteiger partial charge in [0.15, 0.2) is 5.82 Å². The van der Waals surface area contributed by atoms with Crippen LogP contribution in [0.15, 0.2) is 72.1 Å². The van der Waals surface area contributed by atoms with Crippen molar-refractivity contribution in [2.24, 2.45) is 0 Å². The Labute approximate surface area is 171 Å². The molecular formula is C20H16FN5O3S. The van der Waals surface area contributed by atoms with Gasteiger partial charge in [-0.25, -0.2) is 17.8 Å². The first-order valence-electron chi connectivity index (χ1n) is 8.80. The molecule has 4 aromatic rings. The number of nitrogens with one attached hydrogen (secondary N) is 2. The minimum atomic E-state index is -3.88. The summed E-state index contributed by atoms with van der Waals surface area (Å²) in [7, 11) is -3.88. The van der Waals surface area contributed by atoms with Crippen LogP contribution in [0.4, 0.5) is 15.9 Å². The summed E-state index contributed by atoms with van der Waals surface area (Å²) in [4.78, 5) is 19.5. The van der Waals surface area contributed by atoms with Crippen LogP contribution in [0.5, 0.6) is 0 Å². The Morgan fingerprint density at radius 1 is 1.03 bits per heavy atom. The van der Waals surface area contributed by atoms with E-state index in [1.807, 2.05) is 6.07 Å². The van der Waals surface area contributed by atoms with Gasteiger partial charge in [0.2, 0.25) is 5.91 Å². The number of halogens is 1. The highest BCUT2D eigenvalue weighted by atomic mass is 32.2. The molecule has 3 aromatic heterocycles. The molecule has 4 rings (SSSR count). The second-order valence-electron chi connectivity index (χ2n) is 6.51. The number of imidazole rings is 1. The molecule has 8 nitrogen and oxygen atoms in total. The number of hydrogen-bond acceptors (Lipinski definition) is 5. The fourth-order valence-corrected chi connectivity index (χ4v) is 3.92. The molecule has 0 spiro atoms. The fourth-order valence-electron chi connectivity index (χ4n) is 2.88. The van der Waals surface area contributed by atoms with Gasteiger partial charge in [0, 0.05) is 30.4 Å². The van der Waals surface area contributed by atoms with Gasteiger partial charge in [-0.3, -0.25) is 14.5 Å². The molecule has 0 atom stereocenters. The third kappa shape index (κ3) is 4.13. The predicted molar refractivity (Wildman–Crippen MR) is 110 cm³/mol. The van der Waals surface area contributed by atoms with Crippen molar-refractivity contribution < 1.29 is 17.6 Å². The molecule has 3 heterocycles. The van der Waals surface area contributed by atoms with Gasteiger partial charge in [0.25, 0.3) is 10.0 Å². The van der Waals surface area contributed by atoms with E-state index in [2.05, 4.69) is 20.0 Å². The van der Waals surface area contributed by atoms with Crippen molar-refractivity contribution >= 4 is 33.1 Å². The van der Waals surface area contributed by atoms with E-state index in [9.17, 15) is 17.6 Å². The molecule has 0 unspecified atom stereocenters. The molecule has 30 heavy (non-hydrogen) atoms. The molecule has 152 valence electrons. The van der Waals surface area contributed by atoms with E-state index in [1.54, 1.807) is 35.1 Å². The maximum Gasteiger partial charge on any atom is 0.261 e. The van der Waals surface area contributed by atoms with Gasteiger partial charge in [-0.15, -0.1) is 0 Å². The lowest BCUT2D eigenvalue weighted by Crippen LogP contribution is -2.13. The van der Waals surface area contributed by atoms with E-state index >= 15 is 0 Å².